The molecule has 2 unspecified atom stereocenters. The lowest BCUT2D eigenvalue weighted by atomic mass is 9.91. The second-order valence-electron chi connectivity index (χ2n) is 5.02. The maximum absolute atomic E-state index is 11.8. The molecule has 2 atom stereocenters. The Balaban J connectivity index is 1.96. The smallest absolute Gasteiger partial charge is 0.225 e. The van der Waals surface area contributed by atoms with E-state index in [1.165, 1.54) is 5.56 Å². The van der Waals surface area contributed by atoms with Gasteiger partial charge >= 0.3 is 0 Å². The summed E-state index contributed by atoms with van der Waals surface area (Å²) in [7, 11) is 0. The molecule has 0 aliphatic carbocycles. The molecule has 2 fully saturated rings. The van der Waals surface area contributed by atoms with Crippen molar-refractivity contribution in [2.75, 3.05) is 18.0 Å². The second-order valence-corrected chi connectivity index (χ2v) is 5.81. The normalized spacial score (nSPS) is 27.0. The van der Waals surface area contributed by atoms with E-state index in [9.17, 15) is 4.79 Å². The number of nitrogens with one attached hydrogen (secondary N) is 1. The Kier molecular flexibility index (Phi) is 3.01. The van der Waals surface area contributed by atoms with Gasteiger partial charge < -0.3 is 10.2 Å². The molecule has 0 aromatic carbocycles. The first-order chi connectivity index (χ1) is 8.68. The van der Waals surface area contributed by atoms with Crippen LogP contribution in [-0.4, -0.2) is 30.0 Å². The third-order valence-corrected chi connectivity index (χ3v) is 4.92. The van der Waals surface area contributed by atoms with Gasteiger partial charge in [-0.2, -0.15) is 0 Å². The summed E-state index contributed by atoms with van der Waals surface area (Å²) in [6.07, 6.45) is 3.89. The molecule has 2 saturated heterocycles. The molecule has 2 aliphatic heterocycles. The molecule has 0 radical (unpaired) electrons. The summed E-state index contributed by atoms with van der Waals surface area (Å²) in [6.45, 7) is 3.78. The van der Waals surface area contributed by atoms with Gasteiger partial charge in [0.1, 0.15) is 5.82 Å². The van der Waals surface area contributed by atoms with E-state index in [0.29, 0.717) is 0 Å². The molecule has 4 nitrogen and oxygen atoms in total. The quantitative estimate of drug-likeness (QED) is 0.861. The number of fused-ring (bicyclic) bond motifs is 1. The number of carbonyl (C=O) groups excluding carboxylic acids is 1. The number of rotatable bonds is 1. The number of aryl methyl sites for hydroxylation is 1. The average Bonchev–Trinajstić information content (AvgIpc) is 2.75. The van der Waals surface area contributed by atoms with Crippen molar-refractivity contribution in [2.45, 2.75) is 25.8 Å². The number of amides is 1. The Morgan fingerprint density at radius 1 is 1.56 bits per heavy atom. The standard InChI is InChI=1S/C13H16BrN3O/c1-8-4-5-15-12(11(8)14)17-6-2-3-9-10(17)7-16-13(9)18/h4-5,9-10H,2-3,6-7H2,1H3,(H,16,18). The van der Waals surface area contributed by atoms with Gasteiger partial charge in [0.15, 0.2) is 0 Å². The third kappa shape index (κ3) is 1.81. The Labute approximate surface area is 115 Å². The van der Waals surface area contributed by atoms with Gasteiger partial charge in [-0.3, -0.25) is 4.79 Å². The van der Waals surface area contributed by atoms with Crippen LogP contribution in [0.3, 0.4) is 0 Å². The topological polar surface area (TPSA) is 45.2 Å². The number of anilines is 1. The van der Waals surface area contributed by atoms with Gasteiger partial charge in [-0.1, -0.05) is 0 Å². The van der Waals surface area contributed by atoms with Crippen LogP contribution in [0.5, 0.6) is 0 Å². The van der Waals surface area contributed by atoms with Gasteiger partial charge in [-0.15, -0.1) is 0 Å². The molecule has 1 amide bonds. The van der Waals surface area contributed by atoms with Crippen LogP contribution in [0.15, 0.2) is 16.7 Å². The zero-order chi connectivity index (χ0) is 12.7. The highest BCUT2D eigenvalue weighted by Crippen LogP contribution is 2.35. The minimum atomic E-state index is 0.132. The van der Waals surface area contributed by atoms with Crippen molar-refractivity contribution in [3.05, 3.63) is 22.3 Å². The van der Waals surface area contributed by atoms with Gasteiger partial charge in [-0.25, -0.2) is 4.98 Å². The monoisotopic (exact) mass is 309 g/mol. The number of nitrogens with zero attached hydrogens (tertiary/aromatic N) is 2. The first-order valence-electron chi connectivity index (χ1n) is 6.34. The fraction of sp³-hybridized carbons (Fsp3) is 0.538. The molecule has 0 spiro atoms. The number of hydrogen-bond donors (Lipinski definition) is 1. The third-order valence-electron chi connectivity index (χ3n) is 3.94. The van der Waals surface area contributed by atoms with E-state index in [0.717, 1.165) is 36.2 Å². The van der Waals surface area contributed by atoms with Gasteiger partial charge in [0.05, 0.1) is 16.4 Å². The van der Waals surface area contributed by atoms with E-state index in [4.69, 9.17) is 0 Å². The van der Waals surface area contributed by atoms with E-state index in [-0.39, 0.29) is 17.9 Å². The maximum atomic E-state index is 11.8. The van der Waals surface area contributed by atoms with Crippen molar-refractivity contribution in [1.82, 2.24) is 10.3 Å². The fourth-order valence-corrected chi connectivity index (χ4v) is 3.40. The first kappa shape index (κ1) is 12.0. The molecule has 2 aliphatic rings. The van der Waals surface area contributed by atoms with Crippen LogP contribution in [0.1, 0.15) is 18.4 Å². The van der Waals surface area contributed by atoms with Gasteiger partial charge in [-0.05, 0) is 47.3 Å². The molecule has 0 bridgehead atoms. The summed E-state index contributed by atoms with van der Waals surface area (Å²) in [5, 5.41) is 2.97. The van der Waals surface area contributed by atoms with Crippen molar-refractivity contribution in [2.24, 2.45) is 5.92 Å². The van der Waals surface area contributed by atoms with Crippen molar-refractivity contribution < 1.29 is 4.79 Å². The Bertz CT molecular complexity index is 491. The predicted molar refractivity (Wildman–Crippen MR) is 73.5 cm³/mol. The molecule has 3 rings (SSSR count). The van der Waals surface area contributed by atoms with Crippen molar-refractivity contribution in [3.8, 4) is 0 Å². The highest BCUT2D eigenvalue weighted by molar-refractivity contribution is 9.10. The molecule has 3 heterocycles. The predicted octanol–water partition coefficient (Wildman–Crippen LogP) is 1.87. The molecule has 18 heavy (non-hydrogen) atoms. The molecular formula is C13H16BrN3O. The Morgan fingerprint density at radius 3 is 3.22 bits per heavy atom. The molecule has 0 saturated carbocycles. The Morgan fingerprint density at radius 2 is 2.39 bits per heavy atom. The van der Waals surface area contributed by atoms with E-state index < -0.39 is 0 Å². The maximum Gasteiger partial charge on any atom is 0.225 e. The summed E-state index contributed by atoms with van der Waals surface area (Å²) in [5.41, 5.74) is 1.18. The zero-order valence-corrected chi connectivity index (χ0v) is 11.9. The van der Waals surface area contributed by atoms with E-state index in [1.807, 2.05) is 12.3 Å². The van der Waals surface area contributed by atoms with Gasteiger partial charge in [0.25, 0.3) is 0 Å². The first-order valence-corrected chi connectivity index (χ1v) is 7.13. The van der Waals surface area contributed by atoms with Crippen LogP contribution in [0.25, 0.3) is 0 Å². The summed E-state index contributed by atoms with van der Waals surface area (Å²) in [5.74, 6) is 1.31. The summed E-state index contributed by atoms with van der Waals surface area (Å²) in [6, 6.07) is 2.25. The highest BCUT2D eigenvalue weighted by Gasteiger charge is 2.41. The molecule has 1 aromatic rings. The summed E-state index contributed by atoms with van der Waals surface area (Å²) >= 11 is 3.62. The molecule has 1 N–H and O–H groups in total. The van der Waals surface area contributed by atoms with Crippen LogP contribution in [-0.2, 0) is 4.79 Å². The lowest BCUT2D eigenvalue weighted by molar-refractivity contribution is -0.122. The molecule has 1 aromatic heterocycles. The van der Waals surface area contributed by atoms with E-state index >= 15 is 0 Å². The van der Waals surface area contributed by atoms with Crippen LogP contribution in [0.4, 0.5) is 5.82 Å². The zero-order valence-electron chi connectivity index (χ0n) is 10.3. The Hall–Kier alpha value is -1.10. The average molecular weight is 310 g/mol. The number of hydrogen-bond acceptors (Lipinski definition) is 3. The minimum absolute atomic E-state index is 0.132. The van der Waals surface area contributed by atoms with Crippen molar-refractivity contribution in [1.29, 1.82) is 0 Å². The van der Waals surface area contributed by atoms with E-state index in [1.54, 1.807) is 0 Å². The fourth-order valence-electron chi connectivity index (χ4n) is 2.94. The van der Waals surface area contributed by atoms with Crippen LogP contribution < -0.4 is 10.2 Å². The van der Waals surface area contributed by atoms with Gasteiger partial charge in [0.2, 0.25) is 5.91 Å². The second kappa shape index (κ2) is 4.53. The number of aromatic nitrogens is 1. The van der Waals surface area contributed by atoms with E-state index in [2.05, 4.69) is 38.1 Å². The van der Waals surface area contributed by atoms with Crippen LogP contribution in [0.2, 0.25) is 0 Å². The van der Waals surface area contributed by atoms with Crippen molar-refractivity contribution in [3.63, 3.8) is 0 Å². The summed E-state index contributed by atoms with van der Waals surface area (Å²) < 4.78 is 1.05. The largest absolute Gasteiger partial charge is 0.354 e. The number of halogens is 1. The highest BCUT2D eigenvalue weighted by atomic mass is 79.9. The number of carbonyl (C=O) groups is 1. The SMILES string of the molecule is Cc1ccnc(N2CCCC3C(=O)NCC32)c1Br. The lowest BCUT2D eigenvalue weighted by Gasteiger charge is -2.37. The van der Waals surface area contributed by atoms with Gasteiger partial charge in [0, 0.05) is 19.3 Å². The minimum Gasteiger partial charge on any atom is -0.354 e. The molecular weight excluding hydrogens is 294 g/mol. The van der Waals surface area contributed by atoms with Crippen molar-refractivity contribution >= 4 is 27.7 Å². The summed E-state index contributed by atoms with van der Waals surface area (Å²) in [4.78, 5) is 18.5. The number of piperidine rings is 1. The lowest BCUT2D eigenvalue weighted by Crippen LogP contribution is -2.46. The van der Waals surface area contributed by atoms with Crippen LogP contribution >= 0.6 is 15.9 Å². The molecule has 5 heteroatoms. The van der Waals surface area contributed by atoms with Crippen LogP contribution in [0, 0.1) is 12.8 Å². The number of pyridine rings is 1. The molecule has 96 valence electrons.